The largest absolute Gasteiger partial charge is 0.381 e. The highest BCUT2D eigenvalue weighted by molar-refractivity contribution is 14.1. The van der Waals surface area contributed by atoms with Gasteiger partial charge in [-0.1, -0.05) is 23.7 Å². The number of rotatable bonds is 3. The van der Waals surface area contributed by atoms with Crippen LogP contribution >= 0.6 is 34.2 Å². The molecule has 0 unspecified atom stereocenters. The summed E-state index contributed by atoms with van der Waals surface area (Å²) in [7, 11) is 0. The molecular formula is C15H15ClIN. The van der Waals surface area contributed by atoms with Gasteiger partial charge < -0.3 is 5.32 Å². The molecule has 2 aromatic rings. The van der Waals surface area contributed by atoms with Gasteiger partial charge in [-0.2, -0.15) is 0 Å². The van der Waals surface area contributed by atoms with Crippen LogP contribution in [0.25, 0.3) is 0 Å². The lowest BCUT2D eigenvalue weighted by atomic mass is 10.1. The SMILES string of the molecule is Cc1ccc(NCc2ccc(Cl)cc2C)cc1I. The first-order valence-corrected chi connectivity index (χ1v) is 7.27. The highest BCUT2D eigenvalue weighted by atomic mass is 127. The van der Waals surface area contributed by atoms with E-state index in [1.165, 1.54) is 20.3 Å². The van der Waals surface area contributed by atoms with E-state index in [1.807, 2.05) is 12.1 Å². The van der Waals surface area contributed by atoms with Gasteiger partial charge in [-0.25, -0.2) is 0 Å². The first-order chi connectivity index (χ1) is 8.56. The normalized spacial score (nSPS) is 10.4. The van der Waals surface area contributed by atoms with Crippen molar-refractivity contribution in [2.75, 3.05) is 5.32 Å². The number of anilines is 1. The van der Waals surface area contributed by atoms with Gasteiger partial charge in [-0.05, 0) is 77.4 Å². The Morgan fingerprint density at radius 3 is 2.50 bits per heavy atom. The van der Waals surface area contributed by atoms with Gasteiger partial charge in [0.25, 0.3) is 0 Å². The van der Waals surface area contributed by atoms with E-state index in [1.54, 1.807) is 0 Å². The summed E-state index contributed by atoms with van der Waals surface area (Å²) in [6.45, 7) is 5.03. The highest BCUT2D eigenvalue weighted by Crippen LogP contribution is 2.19. The quantitative estimate of drug-likeness (QED) is 0.734. The molecule has 1 N–H and O–H groups in total. The molecule has 0 bridgehead atoms. The second-order valence-corrected chi connectivity index (χ2v) is 5.99. The Hall–Kier alpha value is -0.740. The van der Waals surface area contributed by atoms with E-state index in [0.717, 1.165) is 17.3 Å². The summed E-state index contributed by atoms with van der Waals surface area (Å²) in [4.78, 5) is 0. The summed E-state index contributed by atoms with van der Waals surface area (Å²) in [5.74, 6) is 0. The van der Waals surface area contributed by atoms with E-state index < -0.39 is 0 Å². The zero-order valence-electron chi connectivity index (χ0n) is 10.4. The molecule has 2 aromatic carbocycles. The Bertz CT molecular complexity index is 566. The molecule has 0 saturated carbocycles. The average molecular weight is 372 g/mol. The summed E-state index contributed by atoms with van der Waals surface area (Å²) < 4.78 is 1.28. The van der Waals surface area contributed by atoms with Crippen molar-refractivity contribution in [1.82, 2.24) is 0 Å². The van der Waals surface area contributed by atoms with Crippen LogP contribution in [-0.4, -0.2) is 0 Å². The van der Waals surface area contributed by atoms with Crippen molar-refractivity contribution in [2.45, 2.75) is 20.4 Å². The molecule has 0 fully saturated rings. The summed E-state index contributed by atoms with van der Waals surface area (Å²) >= 11 is 8.31. The minimum absolute atomic E-state index is 0.793. The zero-order valence-corrected chi connectivity index (χ0v) is 13.3. The van der Waals surface area contributed by atoms with Gasteiger partial charge in [0.15, 0.2) is 0 Å². The van der Waals surface area contributed by atoms with E-state index in [9.17, 15) is 0 Å². The molecule has 0 atom stereocenters. The zero-order chi connectivity index (χ0) is 13.1. The molecule has 0 heterocycles. The van der Waals surface area contributed by atoms with Gasteiger partial charge in [0.05, 0.1) is 0 Å². The van der Waals surface area contributed by atoms with Crippen LogP contribution in [0.2, 0.25) is 5.02 Å². The lowest BCUT2D eigenvalue weighted by Gasteiger charge is -2.10. The molecule has 0 radical (unpaired) electrons. The topological polar surface area (TPSA) is 12.0 Å². The molecule has 0 aliphatic heterocycles. The molecule has 0 aromatic heterocycles. The molecule has 18 heavy (non-hydrogen) atoms. The first kappa shape index (κ1) is 13.7. The fourth-order valence-corrected chi connectivity index (χ4v) is 2.50. The van der Waals surface area contributed by atoms with E-state index in [4.69, 9.17) is 11.6 Å². The van der Waals surface area contributed by atoms with Crippen LogP contribution in [0.3, 0.4) is 0 Å². The van der Waals surface area contributed by atoms with Crippen LogP contribution in [-0.2, 0) is 6.54 Å². The average Bonchev–Trinajstić information content (AvgIpc) is 2.32. The molecule has 3 heteroatoms. The minimum Gasteiger partial charge on any atom is -0.381 e. The molecule has 1 nitrogen and oxygen atoms in total. The second kappa shape index (κ2) is 5.93. The molecule has 0 saturated heterocycles. The van der Waals surface area contributed by atoms with E-state index in [0.29, 0.717) is 0 Å². The van der Waals surface area contributed by atoms with Crippen molar-refractivity contribution < 1.29 is 0 Å². The van der Waals surface area contributed by atoms with Crippen molar-refractivity contribution >= 4 is 39.9 Å². The molecule has 0 spiro atoms. The van der Waals surface area contributed by atoms with Crippen molar-refractivity contribution in [3.8, 4) is 0 Å². The third-order valence-corrected chi connectivity index (χ3v) is 4.36. The highest BCUT2D eigenvalue weighted by Gasteiger charge is 2.01. The number of halogens is 2. The summed E-state index contributed by atoms with van der Waals surface area (Å²) in [5, 5.41) is 4.23. The fourth-order valence-electron chi connectivity index (χ4n) is 1.76. The van der Waals surface area contributed by atoms with Crippen LogP contribution in [0, 0.1) is 17.4 Å². The smallest absolute Gasteiger partial charge is 0.0408 e. The van der Waals surface area contributed by atoms with Crippen LogP contribution in [0.4, 0.5) is 5.69 Å². The Labute approximate surface area is 127 Å². The number of hydrogen-bond donors (Lipinski definition) is 1. The third-order valence-electron chi connectivity index (χ3n) is 2.96. The monoisotopic (exact) mass is 371 g/mol. The van der Waals surface area contributed by atoms with Crippen molar-refractivity contribution in [1.29, 1.82) is 0 Å². The lowest BCUT2D eigenvalue weighted by Crippen LogP contribution is -2.01. The molecule has 0 aliphatic carbocycles. The molecule has 94 valence electrons. The van der Waals surface area contributed by atoms with Gasteiger partial charge in [0.2, 0.25) is 0 Å². The number of benzene rings is 2. The van der Waals surface area contributed by atoms with E-state index >= 15 is 0 Å². The summed E-state index contributed by atoms with van der Waals surface area (Å²) in [5.41, 5.74) is 4.95. The number of nitrogens with one attached hydrogen (secondary N) is 1. The van der Waals surface area contributed by atoms with Crippen molar-refractivity contribution in [3.05, 3.63) is 61.7 Å². The first-order valence-electron chi connectivity index (χ1n) is 5.81. The van der Waals surface area contributed by atoms with Gasteiger partial charge in [0, 0.05) is 20.8 Å². The number of hydrogen-bond acceptors (Lipinski definition) is 1. The molecule has 0 amide bonds. The second-order valence-electron chi connectivity index (χ2n) is 4.39. The van der Waals surface area contributed by atoms with Crippen LogP contribution in [0.1, 0.15) is 16.7 Å². The summed E-state index contributed by atoms with van der Waals surface area (Å²) in [6, 6.07) is 12.4. The Balaban J connectivity index is 2.09. The molecule has 0 aliphatic rings. The maximum absolute atomic E-state index is 5.95. The van der Waals surface area contributed by atoms with Crippen molar-refractivity contribution in [3.63, 3.8) is 0 Å². The molecule has 2 rings (SSSR count). The predicted molar refractivity (Wildman–Crippen MR) is 87.4 cm³/mol. The maximum Gasteiger partial charge on any atom is 0.0408 e. The maximum atomic E-state index is 5.95. The van der Waals surface area contributed by atoms with Gasteiger partial charge in [0.1, 0.15) is 0 Å². The van der Waals surface area contributed by atoms with E-state index in [-0.39, 0.29) is 0 Å². The van der Waals surface area contributed by atoms with Crippen LogP contribution < -0.4 is 5.32 Å². The van der Waals surface area contributed by atoms with Gasteiger partial charge in [-0.3, -0.25) is 0 Å². The fraction of sp³-hybridized carbons (Fsp3) is 0.200. The third kappa shape index (κ3) is 3.39. The Morgan fingerprint density at radius 1 is 1.06 bits per heavy atom. The van der Waals surface area contributed by atoms with Crippen LogP contribution in [0.5, 0.6) is 0 Å². The number of aryl methyl sites for hydroxylation is 2. The summed E-state index contributed by atoms with van der Waals surface area (Å²) in [6.07, 6.45) is 0. The Morgan fingerprint density at radius 2 is 1.83 bits per heavy atom. The predicted octanol–water partition coefficient (Wildman–Crippen LogP) is 5.17. The minimum atomic E-state index is 0.793. The van der Waals surface area contributed by atoms with E-state index in [2.05, 4.69) is 66.0 Å². The molecular weight excluding hydrogens is 357 g/mol. The van der Waals surface area contributed by atoms with Crippen LogP contribution in [0.15, 0.2) is 36.4 Å². The van der Waals surface area contributed by atoms with Gasteiger partial charge >= 0.3 is 0 Å². The standard InChI is InChI=1S/C15H15ClIN/c1-10-3-6-14(8-15(10)17)18-9-12-4-5-13(16)7-11(12)2/h3-8,18H,9H2,1-2H3. The lowest BCUT2D eigenvalue weighted by molar-refractivity contribution is 1.12. The van der Waals surface area contributed by atoms with Gasteiger partial charge in [-0.15, -0.1) is 0 Å². The van der Waals surface area contributed by atoms with Crippen molar-refractivity contribution in [2.24, 2.45) is 0 Å². The Kier molecular flexibility index (Phi) is 4.51.